The van der Waals surface area contributed by atoms with E-state index < -0.39 is 17.5 Å². The molecule has 0 N–H and O–H groups in total. The number of hydrogen-bond acceptors (Lipinski definition) is 3. The van der Waals surface area contributed by atoms with Crippen LogP contribution in [0.4, 0.5) is 14.9 Å². The highest BCUT2D eigenvalue weighted by atomic mass is 19.1. The Morgan fingerprint density at radius 2 is 2.11 bits per heavy atom. The standard InChI is InChI=1S/C14H16FNO3/c1-14(2,3)19-13(18)16-5-4-9-6-10(8-17)11(15)7-12(9)16/h6-8H,4-5H2,1-3H3. The number of carbonyl (C=O) groups excluding carboxylic acids is 2. The van der Waals surface area contributed by atoms with Crippen molar-refractivity contribution in [2.24, 2.45) is 0 Å². The van der Waals surface area contributed by atoms with E-state index in [1.165, 1.54) is 17.0 Å². The van der Waals surface area contributed by atoms with E-state index >= 15 is 0 Å². The third kappa shape index (κ3) is 2.75. The van der Waals surface area contributed by atoms with Crippen LogP contribution in [-0.2, 0) is 11.2 Å². The minimum absolute atomic E-state index is 0.0183. The van der Waals surface area contributed by atoms with Crippen LogP contribution in [0.5, 0.6) is 0 Å². The largest absolute Gasteiger partial charge is 0.443 e. The highest BCUT2D eigenvalue weighted by Gasteiger charge is 2.29. The van der Waals surface area contributed by atoms with Gasteiger partial charge in [-0.2, -0.15) is 0 Å². The molecule has 0 aliphatic carbocycles. The summed E-state index contributed by atoms with van der Waals surface area (Å²) in [7, 11) is 0. The van der Waals surface area contributed by atoms with Gasteiger partial charge in [-0.15, -0.1) is 0 Å². The average molecular weight is 265 g/mol. The molecule has 19 heavy (non-hydrogen) atoms. The second-order valence-corrected chi connectivity index (χ2v) is 5.50. The molecule has 1 aromatic rings. The first-order chi connectivity index (χ1) is 8.81. The van der Waals surface area contributed by atoms with Gasteiger partial charge < -0.3 is 4.74 Å². The first-order valence-corrected chi connectivity index (χ1v) is 6.10. The molecule has 0 radical (unpaired) electrons. The fraction of sp³-hybridized carbons (Fsp3) is 0.429. The second-order valence-electron chi connectivity index (χ2n) is 5.50. The van der Waals surface area contributed by atoms with Gasteiger partial charge in [0, 0.05) is 6.54 Å². The summed E-state index contributed by atoms with van der Waals surface area (Å²) < 4.78 is 18.9. The maximum atomic E-state index is 13.6. The molecule has 0 bridgehead atoms. The minimum Gasteiger partial charge on any atom is -0.443 e. The SMILES string of the molecule is CC(C)(C)OC(=O)N1CCc2cc(C=O)c(F)cc21. The zero-order chi connectivity index (χ0) is 14.2. The zero-order valence-corrected chi connectivity index (χ0v) is 11.2. The van der Waals surface area contributed by atoms with Gasteiger partial charge in [-0.05, 0) is 44.9 Å². The van der Waals surface area contributed by atoms with Crippen molar-refractivity contribution in [1.29, 1.82) is 0 Å². The minimum atomic E-state index is -0.621. The molecule has 1 aliphatic heterocycles. The number of carbonyl (C=O) groups is 2. The molecule has 0 aromatic heterocycles. The molecule has 4 nitrogen and oxygen atoms in total. The van der Waals surface area contributed by atoms with Crippen LogP contribution in [0.3, 0.4) is 0 Å². The summed E-state index contributed by atoms with van der Waals surface area (Å²) in [6.45, 7) is 5.76. The Balaban J connectivity index is 2.29. The lowest BCUT2D eigenvalue weighted by Gasteiger charge is -2.24. The van der Waals surface area contributed by atoms with Crippen molar-refractivity contribution in [3.05, 3.63) is 29.1 Å². The van der Waals surface area contributed by atoms with Crippen LogP contribution in [0.25, 0.3) is 0 Å². The lowest BCUT2D eigenvalue weighted by Crippen LogP contribution is -2.35. The molecule has 1 aromatic carbocycles. The first kappa shape index (κ1) is 13.5. The van der Waals surface area contributed by atoms with Crippen LogP contribution in [0.15, 0.2) is 12.1 Å². The van der Waals surface area contributed by atoms with E-state index in [4.69, 9.17) is 4.74 Å². The highest BCUT2D eigenvalue weighted by molar-refractivity contribution is 5.91. The lowest BCUT2D eigenvalue weighted by molar-refractivity contribution is 0.0584. The van der Waals surface area contributed by atoms with Gasteiger partial charge in [0.25, 0.3) is 0 Å². The normalized spacial score (nSPS) is 14.2. The molecule has 5 heteroatoms. The van der Waals surface area contributed by atoms with Crippen LogP contribution in [0, 0.1) is 5.82 Å². The van der Waals surface area contributed by atoms with E-state index in [0.29, 0.717) is 24.9 Å². The Hall–Kier alpha value is -1.91. The molecule has 0 unspecified atom stereocenters. The third-order valence-electron chi connectivity index (χ3n) is 2.83. The summed E-state index contributed by atoms with van der Waals surface area (Å²) in [5.41, 5.74) is 0.692. The summed E-state index contributed by atoms with van der Waals surface area (Å²) in [5.74, 6) is -0.621. The Morgan fingerprint density at radius 1 is 1.42 bits per heavy atom. The van der Waals surface area contributed by atoms with Crippen molar-refractivity contribution < 1.29 is 18.7 Å². The quantitative estimate of drug-likeness (QED) is 0.733. The monoisotopic (exact) mass is 265 g/mol. The van der Waals surface area contributed by atoms with Gasteiger partial charge in [0.05, 0.1) is 11.3 Å². The number of aldehydes is 1. The fourth-order valence-electron chi connectivity index (χ4n) is 2.03. The topological polar surface area (TPSA) is 46.6 Å². The van der Waals surface area contributed by atoms with Gasteiger partial charge in [0.1, 0.15) is 11.4 Å². The Bertz CT molecular complexity index is 534. The number of benzene rings is 1. The van der Waals surface area contributed by atoms with Gasteiger partial charge in [-0.3, -0.25) is 9.69 Å². The number of fused-ring (bicyclic) bond motifs is 1. The van der Waals surface area contributed by atoms with Crippen molar-refractivity contribution in [1.82, 2.24) is 0 Å². The molecule has 0 atom stereocenters. The molecule has 0 saturated heterocycles. The van der Waals surface area contributed by atoms with Gasteiger partial charge in [0.2, 0.25) is 0 Å². The van der Waals surface area contributed by atoms with Crippen LogP contribution in [0.2, 0.25) is 0 Å². The van der Waals surface area contributed by atoms with Crippen molar-refractivity contribution in [2.45, 2.75) is 32.8 Å². The molecule has 1 aliphatic rings. The molecule has 1 heterocycles. The predicted octanol–water partition coefficient (Wildman–Crippen LogP) is 2.94. The van der Waals surface area contributed by atoms with Gasteiger partial charge in [-0.25, -0.2) is 9.18 Å². The number of hydrogen-bond donors (Lipinski definition) is 0. The van der Waals surface area contributed by atoms with Crippen molar-refractivity contribution in [3.63, 3.8) is 0 Å². The average Bonchev–Trinajstić information content (AvgIpc) is 2.68. The summed E-state index contributed by atoms with van der Waals surface area (Å²) in [6.07, 6.45) is 0.575. The molecule has 102 valence electrons. The van der Waals surface area contributed by atoms with Crippen molar-refractivity contribution >= 4 is 18.1 Å². The Kier molecular flexibility index (Phi) is 3.30. The number of anilines is 1. The smallest absolute Gasteiger partial charge is 0.414 e. The maximum absolute atomic E-state index is 13.6. The van der Waals surface area contributed by atoms with Crippen LogP contribution >= 0.6 is 0 Å². The summed E-state index contributed by atoms with van der Waals surface area (Å²) in [6, 6.07) is 2.71. The number of amides is 1. The predicted molar refractivity (Wildman–Crippen MR) is 69.1 cm³/mol. The van der Waals surface area contributed by atoms with Gasteiger partial charge in [-0.1, -0.05) is 0 Å². The van der Waals surface area contributed by atoms with Gasteiger partial charge >= 0.3 is 6.09 Å². The number of ether oxygens (including phenoxy) is 1. The van der Waals surface area contributed by atoms with Crippen LogP contribution in [0.1, 0.15) is 36.7 Å². The summed E-state index contributed by atoms with van der Waals surface area (Å²) >= 11 is 0. The van der Waals surface area contributed by atoms with E-state index in [0.717, 1.165) is 5.56 Å². The molecule has 1 amide bonds. The Morgan fingerprint density at radius 3 is 2.68 bits per heavy atom. The summed E-state index contributed by atoms with van der Waals surface area (Å²) in [4.78, 5) is 24.1. The number of halogens is 1. The third-order valence-corrected chi connectivity index (χ3v) is 2.83. The molecule has 0 spiro atoms. The molecule has 2 rings (SSSR count). The zero-order valence-electron chi connectivity index (χ0n) is 11.2. The second kappa shape index (κ2) is 4.64. The van der Waals surface area contributed by atoms with E-state index in [1.54, 1.807) is 20.8 Å². The number of rotatable bonds is 1. The Labute approximate surface area is 111 Å². The van der Waals surface area contributed by atoms with E-state index in [1.807, 2.05) is 0 Å². The highest BCUT2D eigenvalue weighted by Crippen LogP contribution is 2.31. The van der Waals surface area contributed by atoms with Crippen LogP contribution in [-0.4, -0.2) is 24.5 Å². The molecular formula is C14H16FNO3. The van der Waals surface area contributed by atoms with Crippen molar-refractivity contribution in [3.8, 4) is 0 Å². The van der Waals surface area contributed by atoms with E-state index in [9.17, 15) is 14.0 Å². The van der Waals surface area contributed by atoms with Crippen molar-refractivity contribution in [2.75, 3.05) is 11.4 Å². The van der Waals surface area contributed by atoms with E-state index in [2.05, 4.69) is 0 Å². The fourth-order valence-corrected chi connectivity index (χ4v) is 2.03. The molecular weight excluding hydrogens is 249 g/mol. The number of nitrogens with zero attached hydrogens (tertiary/aromatic N) is 1. The lowest BCUT2D eigenvalue weighted by atomic mass is 10.1. The first-order valence-electron chi connectivity index (χ1n) is 6.10. The van der Waals surface area contributed by atoms with Gasteiger partial charge in [0.15, 0.2) is 6.29 Å². The maximum Gasteiger partial charge on any atom is 0.414 e. The van der Waals surface area contributed by atoms with Crippen LogP contribution < -0.4 is 4.90 Å². The summed E-state index contributed by atoms with van der Waals surface area (Å²) in [5, 5.41) is 0. The molecule has 0 saturated carbocycles. The molecule has 0 fully saturated rings. The van der Waals surface area contributed by atoms with E-state index in [-0.39, 0.29) is 5.56 Å².